The number of benzene rings is 3. The number of hydrogen-bond acceptors (Lipinski definition) is 3. The molecule has 26 heavy (non-hydrogen) atoms. The molecule has 0 radical (unpaired) electrons. The van der Waals surface area contributed by atoms with E-state index in [1.54, 1.807) is 16.4 Å². The smallest absolute Gasteiger partial charge is 0.264 e. The zero-order chi connectivity index (χ0) is 18.1. The Kier molecular flexibility index (Phi) is 4.32. The minimum absolute atomic E-state index is 0.327. The van der Waals surface area contributed by atoms with E-state index in [-0.39, 0.29) is 0 Å². The Bertz CT molecular complexity index is 1060. The average molecular weight is 367 g/mol. The van der Waals surface area contributed by atoms with E-state index in [1.807, 2.05) is 55.5 Å². The van der Waals surface area contributed by atoms with Gasteiger partial charge in [-0.15, -0.1) is 0 Å². The van der Waals surface area contributed by atoms with Gasteiger partial charge in [-0.2, -0.15) is 0 Å². The molecule has 4 rings (SSSR count). The molecule has 1 aliphatic rings. The summed E-state index contributed by atoms with van der Waals surface area (Å²) in [5.74, 6) is 0.709. The quantitative estimate of drug-likeness (QED) is 0.687. The van der Waals surface area contributed by atoms with Crippen molar-refractivity contribution in [2.24, 2.45) is 0 Å². The van der Waals surface area contributed by atoms with Gasteiger partial charge in [-0.1, -0.05) is 42.5 Å². The van der Waals surface area contributed by atoms with E-state index in [1.165, 1.54) is 0 Å². The van der Waals surface area contributed by atoms with Crippen molar-refractivity contribution in [1.82, 2.24) is 0 Å². The third-order valence-electron chi connectivity index (χ3n) is 4.78. The summed E-state index contributed by atoms with van der Waals surface area (Å²) in [5.41, 5.74) is 1.87. The van der Waals surface area contributed by atoms with Gasteiger partial charge < -0.3 is 4.74 Å². The molecular formula is C21H21NO3S. The van der Waals surface area contributed by atoms with Gasteiger partial charge in [0.25, 0.3) is 10.0 Å². The van der Waals surface area contributed by atoms with Gasteiger partial charge in [0.05, 0.1) is 17.2 Å². The van der Waals surface area contributed by atoms with Crippen LogP contribution in [0.3, 0.4) is 0 Å². The van der Waals surface area contributed by atoms with E-state index in [9.17, 15) is 8.42 Å². The lowest BCUT2D eigenvalue weighted by molar-refractivity contribution is 0.344. The standard InChI is InChI=1S/C21H21NO3S/c1-2-25-20-13-14-21(18-11-5-4-10-17(18)20)26(23,24)22-15-7-9-16-8-3-6-12-19(16)22/h3-6,8,10-14H,2,7,9,15H2,1H3. The van der Waals surface area contributed by atoms with Gasteiger partial charge in [0.1, 0.15) is 5.75 Å². The molecule has 0 aliphatic carbocycles. The third kappa shape index (κ3) is 2.72. The maximum absolute atomic E-state index is 13.5. The molecule has 5 heteroatoms. The Labute approximate surface area is 154 Å². The van der Waals surface area contributed by atoms with E-state index < -0.39 is 10.0 Å². The first-order chi connectivity index (χ1) is 12.6. The van der Waals surface area contributed by atoms with Crippen molar-refractivity contribution < 1.29 is 13.2 Å². The summed E-state index contributed by atoms with van der Waals surface area (Å²) in [6.45, 7) is 2.96. The van der Waals surface area contributed by atoms with E-state index in [4.69, 9.17) is 4.74 Å². The first-order valence-corrected chi connectivity index (χ1v) is 10.3. The van der Waals surface area contributed by atoms with Crippen LogP contribution in [0, 0.1) is 0 Å². The summed E-state index contributed by atoms with van der Waals surface area (Å²) in [4.78, 5) is 0.327. The van der Waals surface area contributed by atoms with Crippen molar-refractivity contribution in [2.45, 2.75) is 24.7 Å². The van der Waals surface area contributed by atoms with Crippen LogP contribution in [0.1, 0.15) is 18.9 Å². The van der Waals surface area contributed by atoms with Crippen LogP contribution in [0.2, 0.25) is 0 Å². The number of hydrogen-bond donors (Lipinski definition) is 0. The van der Waals surface area contributed by atoms with Crippen LogP contribution in [-0.2, 0) is 16.4 Å². The minimum atomic E-state index is -3.66. The molecule has 134 valence electrons. The Morgan fingerprint density at radius 3 is 2.50 bits per heavy atom. The summed E-state index contributed by atoms with van der Waals surface area (Å²) in [6.07, 6.45) is 1.73. The molecule has 0 saturated carbocycles. The number of fused-ring (bicyclic) bond motifs is 2. The highest BCUT2D eigenvalue weighted by atomic mass is 32.2. The molecule has 4 nitrogen and oxygen atoms in total. The molecule has 1 aliphatic heterocycles. The number of sulfonamides is 1. The van der Waals surface area contributed by atoms with Gasteiger partial charge in [0.2, 0.25) is 0 Å². The molecule has 3 aromatic rings. The zero-order valence-electron chi connectivity index (χ0n) is 14.7. The Balaban J connectivity index is 1.89. The summed E-state index contributed by atoms with van der Waals surface area (Å²) in [7, 11) is -3.66. The lowest BCUT2D eigenvalue weighted by atomic mass is 10.0. The Morgan fingerprint density at radius 2 is 1.69 bits per heavy atom. The number of ether oxygens (including phenoxy) is 1. The Hall–Kier alpha value is -2.53. The second-order valence-corrected chi connectivity index (χ2v) is 8.18. The van der Waals surface area contributed by atoms with Gasteiger partial charge in [0, 0.05) is 17.3 Å². The predicted octanol–water partition coefficient (Wildman–Crippen LogP) is 4.38. The fourth-order valence-electron chi connectivity index (χ4n) is 3.62. The second-order valence-electron chi connectivity index (χ2n) is 6.35. The van der Waals surface area contributed by atoms with E-state index in [0.717, 1.165) is 29.5 Å². The highest BCUT2D eigenvalue weighted by Gasteiger charge is 2.30. The molecule has 0 spiro atoms. The summed E-state index contributed by atoms with van der Waals surface area (Å²) in [5, 5.41) is 1.52. The molecule has 0 saturated heterocycles. The monoisotopic (exact) mass is 367 g/mol. The lowest BCUT2D eigenvalue weighted by Gasteiger charge is -2.31. The fourth-order valence-corrected chi connectivity index (χ4v) is 5.36. The maximum atomic E-state index is 13.5. The number of rotatable bonds is 4. The number of nitrogens with zero attached hydrogens (tertiary/aromatic N) is 1. The summed E-state index contributed by atoms with van der Waals surface area (Å²) >= 11 is 0. The van der Waals surface area contributed by atoms with Gasteiger partial charge in [-0.3, -0.25) is 4.31 Å². The average Bonchev–Trinajstić information content (AvgIpc) is 2.68. The van der Waals surface area contributed by atoms with Crippen LogP contribution in [-0.4, -0.2) is 21.6 Å². The van der Waals surface area contributed by atoms with E-state index >= 15 is 0 Å². The van der Waals surface area contributed by atoms with Crippen LogP contribution >= 0.6 is 0 Å². The van der Waals surface area contributed by atoms with Crippen LogP contribution < -0.4 is 9.04 Å². The highest BCUT2D eigenvalue weighted by Crippen LogP contribution is 2.36. The molecular weight excluding hydrogens is 346 g/mol. The van der Waals surface area contributed by atoms with Crippen molar-refractivity contribution in [3.05, 3.63) is 66.2 Å². The fraction of sp³-hybridized carbons (Fsp3) is 0.238. The minimum Gasteiger partial charge on any atom is -0.493 e. The van der Waals surface area contributed by atoms with Crippen molar-refractivity contribution >= 4 is 26.5 Å². The van der Waals surface area contributed by atoms with E-state index in [2.05, 4.69) is 0 Å². The molecule has 3 aromatic carbocycles. The van der Waals surface area contributed by atoms with Gasteiger partial charge in [-0.25, -0.2) is 8.42 Å². The second kappa shape index (κ2) is 6.65. The van der Waals surface area contributed by atoms with Gasteiger partial charge in [-0.05, 0) is 43.5 Å². The van der Waals surface area contributed by atoms with Crippen molar-refractivity contribution in [3.63, 3.8) is 0 Å². The number of aryl methyl sites for hydroxylation is 1. The van der Waals surface area contributed by atoms with Gasteiger partial charge in [0.15, 0.2) is 0 Å². The van der Waals surface area contributed by atoms with Crippen LogP contribution in [0.4, 0.5) is 5.69 Å². The van der Waals surface area contributed by atoms with Crippen LogP contribution in [0.15, 0.2) is 65.6 Å². The normalized spacial score (nSPS) is 14.3. The van der Waals surface area contributed by atoms with Gasteiger partial charge >= 0.3 is 0 Å². The summed E-state index contributed by atoms with van der Waals surface area (Å²) < 4.78 is 34.3. The maximum Gasteiger partial charge on any atom is 0.264 e. The van der Waals surface area contributed by atoms with Crippen LogP contribution in [0.5, 0.6) is 5.75 Å². The molecule has 0 atom stereocenters. The predicted molar refractivity (Wildman–Crippen MR) is 104 cm³/mol. The van der Waals surface area contributed by atoms with Crippen LogP contribution in [0.25, 0.3) is 10.8 Å². The first-order valence-electron chi connectivity index (χ1n) is 8.88. The molecule has 1 heterocycles. The van der Waals surface area contributed by atoms with Crippen molar-refractivity contribution in [1.29, 1.82) is 0 Å². The SMILES string of the molecule is CCOc1ccc(S(=O)(=O)N2CCCc3ccccc32)c2ccccc12. The topological polar surface area (TPSA) is 46.6 Å². The molecule has 0 fully saturated rings. The molecule has 0 N–H and O–H groups in total. The molecule has 0 aromatic heterocycles. The zero-order valence-corrected chi connectivity index (χ0v) is 15.5. The lowest BCUT2D eigenvalue weighted by Crippen LogP contribution is -2.35. The first kappa shape index (κ1) is 16.9. The molecule has 0 bridgehead atoms. The third-order valence-corrected chi connectivity index (χ3v) is 6.65. The highest BCUT2D eigenvalue weighted by molar-refractivity contribution is 7.93. The summed E-state index contributed by atoms with van der Waals surface area (Å²) in [6, 6.07) is 18.7. The molecule has 0 unspecified atom stereocenters. The van der Waals surface area contributed by atoms with Crippen molar-refractivity contribution in [2.75, 3.05) is 17.5 Å². The number of para-hydroxylation sites is 1. The molecule has 0 amide bonds. The Morgan fingerprint density at radius 1 is 0.962 bits per heavy atom. The largest absolute Gasteiger partial charge is 0.493 e. The van der Waals surface area contributed by atoms with E-state index in [0.29, 0.717) is 29.2 Å². The van der Waals surface area contributed by atoms with Crippen molar-refractivity contribution in [3.8, 4) is 5.75 Å². The number of anilines is 1.